The molecule has 0 aliphatic rings. The number of halogens is 1. The van der Waals surface area contributed by atoms with E-state index in [-0.39, 0.29) is 29.8 Å². The van der Waals surface area contributed by atoms with Gasteiger partial charge >= 0.3 is 0 Å². The Labute approximate surface area is 195 Å². The van der Waals surface area contributed by atoms with Gasteiger partial charge in [-0.25, -0.2) is 0 Å². The molecule has 1 heterocycles. The first-order valence-corrected chi connectivity index (χ1v) is 11.5. The molecular formula is C25H25ClN2O3S. The number of nitrogens with zero attached hydrogens (tertiary/aromatic N) is 1. The number of amides is 1. The number of rotatable bonds is 7. The number of Topliss-reactive ketones (excluding diaryl/α,β-unsaturated/α-hetero) is 1. The highest BCUT2D eigenvalue weighted by atomic mass is 35.5. The number of benzene rings is 2. The third-order valence-electron chi connectivity index (χ3n) is 5.02. The van der Waals surface area contributed by atoms with Crippen LogP contribution in [0.25, 0.3) is 12.2 Å². The van der Waals surface area contributed by atoms with Gasteiger partial charge in [-0.15, -0.1) is 11.3 Å². The van der Waals surface area contributed by atoms with E-state index < -0.39 is 0 Å². The molecule has 3 aromatic rings. The van der Waals surface area contributed by atoms with E-state index >= 15 is 0 Å². The number of aryl methyl sites for hydroxylation is 1. The van der Waals surface area contributed by atoms with Crippen LogP contribution in [0, 0.1) is 6.92 Å². The Morgan fingerprint density at radius 2 is 1.78 bits per heavy atom. The lowest BCUT2D eigenvalue weighted by atomic mass is 10.1. The van der Waals surface area contributed by atoms with E-state index in [4.69, 9.17) is 11.6 Å². The highest BCUT2D eigenvalue weighted by molar-refractivity contribution is 7.07. The van der Waals surface area contributed by atoms with E-state index in [0.29, 0.717) is 19.8 Å². The van der Waals surface area contributed by atoms with E-state index in [2.05, 4.69) is 5.32 Å². The third-order valence-corrected chi connectivity index (χ3v) is 6.33. The molecule has 0 unspecified atom stereocenters. The summed E-state index contributed by atoms with van der Waals surface area (Å²) in [4.78, 5) is 38.4. The molecule has 0 saturated carbocycles. The van der Waals surface area contributed by atoms with Crippen LogP contribution in [0.1, 0.15) is 41.8 Å². The summed E-state index contributed by atoms with van der Waals surface area (Å²) >= 11 is 7.10. The van der Waals surface area contributed by atoms with E-state index in [1.165, 1.54) is 22.0 Å². The van der Waals surface area contributed by atoms with Crippen molar-refractivity contribution in [3.63, 3.8) is 0 Å². The smallest absolute Gasteiger partial charge is 0.269 e. The molecule has 32 heavy (non-hydrogen) atoms. The second-order valence-electron chi connectivity index (χ2n) is 7.64. The molecule has 0 spiro atoms. The maximum atomic E-state index is 13.1. The lowest BCUT2D eigenvalue weighted by Crippen LogP contribution is -2.40. The van der Waals surface area contributed by atoms with E-state index in [1.807, 2.05) is 45.0 Å². The molecule has 166 valence electrons. The largest absolute Gasteiger partial charge is 0.352 e. The minimum Gasteiger partial charge on any atom is -0.352 e. The zero-order valence-electron chi connectivity index (χ0n) is 18.2. The molecule has 2 aromatic carbocycles. The highest BCUT2D eigenvalue weighted by Crippen LogP contribution is 2.10. The number of carbonyl (C=O) groups is 2. The number of aromatic nitrogens is 1. The molecule has 0 aliphatic carbocycles. The van der Waals surface area contributed by atoms with Gasteiger partial charge in [0.1, 0.15) is 11.2 Å². The third kappa shape index (κ3) is 6.05. The van der Waals surface area contributed by atoms with Gasteiger partial charge in [-0.3, -0.25) is 19.0 Å². The fourth-order valence-electron chi connectivity index (χ4n) is 2.98. The van der Waals surface area contributed by atoms with Crippen molar-refractivity contribution >= 4 is 46.8 Å². The molecule has 1 atom stereocenters. The number of hydrogen-bond donors (Lipinski definition) is 1. The number of thiazole rings is 1. The van der Waals surface area contributed by atoms with E-state index in [0.717, 1.165) is 17.5 Å². The van der Waals surface area contributed by atoms with E-state index in [1.54, 1.807) is 30.3 Å². The van der Waals surface area contributed by atoms with Crippen molar-refractivity contribution in [1.82, 2.24) is 9.88 Å². The van der Waals surface area contributed by atoms with Crippen molar-refractivity contribution in [3.05, 3.63) is 89.8 Å². The molecule has 1 N–H and O–H groups in total. The van der Waals surface area contributed by atoms with Gasteiger partial charge in [-0.1, -0.05) is 48.4 Å². The number of ketones is 1. The van der Waals surface area contributed by atoms with Crippen molar-refractivity contribution in [2.24, 2.45) is 0 Å². The number of nitrogens with one attached hydrogen (secondary N) is 1. The quantitative estimate of drug-likeness (QED) is 0.541. The van der Waals surface area contributed by atoms with Gasteiger partial charge in [0.25, 0.3) is 5.56 Å². The Balaban J connectivity index is 2.08. The second kappa shape index (κ2) is 10.6. The van der Waals surface area contributed by atoms with Crippen molar-refractivity contribution in [2.45, 2.75) is 39.8 Å². The van der Waals surface area contributed by atoms with Crippen LogP contribution in [0.15, 0.2) is 53.3 Å². The second-order valence-corrected chi connectivity index (χ2v) is 9.14. The van der Waals surface area contributed by atoms with Gasteiger partial charge < -0.3 is 5.32 Å². The summed E-state index contributed by atoms with van der Waals surface area (Å²) in [6.45, 7) is 5.72. The lowest BCUT2D eigenvalue weighted by molar-refractivity contribution is -0.122. The monoisotopic (exact) mass is 468 g/mol. The van der Waals surface area contributed by atoms with Crippen molar-refractivity contribution in [1.29, 1.82) is 0 Å². The predicted molar refractivity (Wildman–Crippen MR) is 131 cm³/mol. The average Bonchev–Trinajstić information content (AvgIpc) is 3.04. The van der Waals surface area contributed by atoms with Crippen LogP contribution in [0.2, 0.25) is 5.02 Å². The molecule has 0 aliphatic heterocycles. The summed E-state index contributed by atoms with van der Waals surface area (Å²) in [7, 11) is 0. The summed E-state index contributed by atoms with van der Waals surface area (Å²) in [5, 5.41) is 3.40. The molecular weight excluding hydrogens is 444 g/mol. The van der Waals surface area contributed by atoms with Crippen LogP contribution in [0.4, 0.5) is 0 Å². The Morgan fingerprint density at radius 3 is 2.41 bits per heavy atom. The summed E-state index contributed by atoms with van der Waals surface area (Å²) in [6.07, 6.45) is 3.96. The normalized spacial score (nSPS) is 13.2. The van der Waals surface area contributed by atoms with E-state index in [9.17, 15) is 14.4 Å². The van der Waals surface area contributed by atoms with Gasteiger partial charge in [-0.05, 0) is 56.2 Å². The lowest BCUT2D eigenvalue weighted by Gasteiger charge is -2.11. The van der Waals surface area contributed by atoms with Crippen LogP contribution in [-0.2, 0) is 11.3 Å². The standard InChI is InChI=1S/C25H25ClN2O3S/c1-4-17(3)27-23(30)15-28-24(14-21(29)19-9-11-20(26)12-10-19)32-22(25(28)31)13-18-7-5-16(2)6-8-18/h5-14,17H,4,15H2,1-3H3,(H,27,30)/b22-13-,24-14-/t17-/m1/s1. The minimum atomic E-state index is -0.301. The van der Waals surface area contributed by atoms with Crippen molar-refractivity contribution < 1.29 is 9.59 Å². The average molecular weight is 469 g/mol. The zero-order valence-corrected chi connectivity index (χ0v) is 19.8. The Kier molecular flexibility index (Phi) is 7.83. The maximum Gasteiger partial charge on any atom is 0.269 e. The van der Waals surface area contributed by atoms with Crippen LogP contribution >= 0.6 is 22.9 Å². The first-order chi connectivity index (χ1) is 15.3. The molecule has 1 aromatic heterocycles. The van der Waals surface area contributed by atoms with Gasteiger partial charge in [0.2, 0.25) is 5.91 Å². The van der Waals surface area contributed by atoms with Crippen LogP contribution in [0.3, 0.4) is 0 Å². The first-order valence-electron chi connectivity index (χ1n) is 10.4. The Bertz CT molecular complexity index is 1290. The minimum absolute atomic E-state index is 0.00134. The molecule has 0 saturated heterocycles. The fourth-order valence-corrected chi connectivity index (χ4v) is 4.15. The molecule has 5 nitrogen and oxygen atoms in total. The SMILES string of the molecule is CC[C@@H](C)NC(=O)Cn1c(=O)/c(=C/c2ccc(C)cc2)s/c1=C\C(=O)c1ccc(Cl)cc1. The van der Waals surface area contributed by atoms with Crippen LogP contribution in [-0.4, -0.2) is 22.3 Å². The van der Waals surface area contributed by atoms with Gasteiger partial charge in [-0.2, -0.15) is 0 Å². The highest BCUT2D eigenvalue weighted by Gasteiger charge is 2.13. The Hall–Kier alpha value is -2.96. The molecule has 0 fully saturated rings. The van der Waals surface area contributed by atoms with Crippen LogP contribution in [0.5, 0.6) is 0 Å². The summed E-state index contributed by atoms with van der Waals surface area (Å²) in [5.74, 6) is -0.532. The predicted octanol–water partition coefficient (Wildman–Crippen LogP) is 3.28. The first kappa shape index (κ1) is 23.7. The zero-order chi connectivity index (χ0) is 23.3. The van der Waals surface area contributed by atoms with Gasteiger partial charge in [0.05, 0.1) is 4.53 Å². The summed E-state index contributed by atoms with van der Waals surface area (Å²) in [6, 6.07) is 14.3. The van der Waals surface area contributed by atoms with Gasteiger partial charge in [0, 0.05) is 22.7 Å². The maximum absolute atomic E-state index is 13.1. The summed E-state index contributed by atoms with van der Waals surface area (Å²) < 4.78 is 2.24. The fraction of sp³-hybridized carbons (Fsp3) is 0.240. The van der Waals surface area contributed by atoms with Crippen molar-refractivity contribution in [2.75, 3.05) is 0 Å². The molecule has 0 bridgehead atoms. The molecule has 0 radical (unpaired) electrons. The number of carbonyl (C=O) groups excluding carboxylic acids is 2. The topological polar surface area (TPSA) is 68.2 Å². The summed E-state index contributed by atoms with van der Waals surface area (Å²) in [5.41, 5.74) is 2.15. The van der Waals surface area contributed by atoms with Crippen molar-refractivity contribution in [3.8, 4) is 0 Å². The molecule has 7 heteroatoms. The van der Waals surface area contributed by atoms with Crippen LogP contribution < -0.4 is 20.1 Å². The molecule has 1 amide bonds. The Morgan fingerprint density at radius 1 is 1.12 bits per heavy atom. The van der Waals surface area contributed by atoms with Gasteiger partial charge in [0.15, 0.2) is 5.78 Å². The number of hydrogen-bond acceptors (Lipinski definition) is 4. The molecule has 3 rings (SSSR count).